The molecule has 0 saturated carbocycles. The van der Waals surface area contributed by atoms with E-state index in [1.165, 1.54) is 22.9 Å². The lowest BCUT2D eigenvalue weighted by Crippen LogP contribution is -2.29. The van der Waals surface area contributed by atoms with Gasteiger partial charge in [0.2, 0.25) is 13.6 Å². The number of aromatic amines is 1. The van der Waals surface area contributed by atoms with Crippen LogP contribution in [-0.2, 0) is 39.2 Å². The van der Waals surface area contributed by atoms with Crippen LogP contribution in [-0.4, -0.2) is 41.2 Å². The van der Waals surface area contributed by atoms with Gasteiger partial charge in [0.15, 0.2) is 0 Å². The van der Waals surface area contributed by atoms with Crippen molar-refractivity contribution in [2.24, 2.45) is 10.8 Å². The highest BCUT2D eigenvalue weighted by molar-refractivity contribution is 9.10. The first-order valence-electron chi connectivity index (χ1n) is 9.92. The number of H-pyrrole nitrogens is 1. The zero-order chi connectivity index (χ0) is 25.4. The monoisotopic (exact) mass is 552 g/mol. The van der Waals surface area contributed by atoms with E-state index >= 15 is 0 Å². The van der Waals surface area contributed by atoms with E-state index in [-0.39, 0.29) is 17.2 Å². The Morgan fingerprint density at radius 3 is 1.94 bits per heavy atom. The second kappa shape index (κ2) is 11.9. The summed E-state index contributed by atoms with van der Waals surface area (Å²) in [5, 5.41) is 0. The Hall–Kier alpha value is -2.01. The molecule has 11 nitrogen and oxygen atoms in total. The third-order valence-corrected chi connectivity index (χ3v) is 6.09. The van der Waals surface area contributed by atoms with Crippen molar-refractivity contribution in [2.75, 3.05) is 19.7 Å². The van der Waals surface area contributed by atoms with Crippen LogP contribution in [0, 0.1) is 10.8 Å². The summed E-state index contributed by atoms with van der Waals surface area (Å²) in [5.41, 5.74) is -2.74. The third-order valence-electron chi connectivity index (χ3n) is 3.87. The maximum absolute atomic E-state index is 13.1. The molecule has 33 heavy (non-hydrogen) atoms. The summed E-state index contributed by atoms with van der Waals surface area (Å²) in [7, 11) is -3.88. The van der Waals surface area contributed by atoms with Crippen molar-refractivity contribution in [3.63, 3.8) is 0 Å². The van der Waals surface area contributed by atoms with Gasteiger partial charge < -0.3 is 9.47 Å². The minimum atomic E-state index is -3.88. The lowest BCUT2D eigenvalue weighted by molar-refractivity contribution is -0.161. The standard InChI is InChI=1S/C20H30BrN2O9P/c1-19(2,3)16(25)29-12-31-33(28,32-13-30-17(26)20(4,5)6)10-8-7-9-23-11-14(21)15(24)22-18(23)27/h7-8,11H,9-10,12-13H2,1-6H3,(H,22,24,27)/b8-7+. The first-order chi connectivity index (χ1) is 15.0. The molecule has 1 heterocycles. The van der Waals surface area contributed by atoms with E-state index < -0.39 is 55.2 Å². The molecular weight excluding hydrogens is 523 g/mol. The van der Waals surface area contributed by atoms with Crippen LogP contribution in [0.4, 0.5) is 0 Å². The van der Waals surface area contributed by atoms with Crippen molar-refractivity contribution in [3.8, 4) is 0 Å². The minimum absolute atomic E-state index is 0.0617. The van der Waals surface area contributed by atoms with Gasteiger partial charge in [-0.1, -0.05) is 12.2 Å². The van der Waals surface area contributed by atoms with E-state index in [0.29, 0.717) is 0 Å². The Morgan fingerprint density at radius 1 is 1.00 bits per heavy atom. The molecule has 0 aliphatic rings. The molecule has 0 aromatic carbocycles. The van der Waals surface area contributed by atoms with E-state index in [1.54, 1.807) is 41.5 Å². The topological polar surface area (TPSA) is 143 Å². The van der Waals surface area contributed by atoms with Crippen molar-refractivity contribution in [2.45, 2.75) is 48.1 Å². The normalized spacial score (nSPS) is 12.7. The Balaban J connectivity index is 2.82. The highest BCUT2D eigenvalue weighted by atomic mass is 79.9. The summed E-state index contributed by atoms with van der Waals surface area (Å²) in [4.78, 5) is 49.1. The van der Waals surface area contributed by atoms with E-state index in [2.05, 4.69) is 20.9 Å². The number of carbonyl (C=O) groups excluding carboxylic acids is 2. The van der Waals surface area contributed by atoms with Crippen molar-refractivity contribution < 1.29 is 32.7 Å². The van der Waals surface area contributed by atoms with E-state index in [1.807, 2.05) is 0 Å². The number of hydrogen-bond acceptors (Lipinski definition) is 9. The zero-order valence-electron chi connectivity index (χ0n) is 19.5. The fourth-order valence-corrected chi connectivity index (χ4v) is 3.37. The number of rotatable bonds is 10. The van der Waals surface area contributed by atoms with Crippen molar-refractivity contribution >= 4 is 35.5 Å². The number of hydrogen-bond donors (Lipinski definition) is 1. The third kappa shape index (κ3) is 10.2. The molecule has 0 unspecified atom stereocenters. The lowest BCUT2D eigenvalue weighted by atomic mass is 9.98. The molecule has 0 fully saturated rings. The van der Waals surface area contributed by atoms with Gasteiger partial charge in [-0.05, 0) is 57.5 Å². The van der Waals surface area contributed by atoms with E-state index in [0.717, 1.165) is 0 Å². The summed E-state index contributed by atoms with van der Waals surface area (Å²) in [6.07, 6.45) is 4.00. The number of halogens is 1. The van der Waals surface area contributed by atoms with Crippen LogP contribution in [0.15, 0.2) is 32.4 Å². The van der Waals surface area contributed by atoms with Crippen LogP contribution in [0.2, 0.25) is 0 Å². The molecule has 0 radical (unpaired) electrons. The van der Waals surface area contributed by atoms with E-state index in [9.17, 15) is 23.7 Å². The maximum Gasteiger partial charge on any atom is 0.340 e. The molecule has 0 aliphatic carbocycles. The fraction of sp³-hybridized carbons (Fsp3) is 0.600. The molecule has 1 aromatic heterocycles. The quantitative estimate of drug-likeness (QED) is 0.200. The van der Waals surface area contributed by atoms with Crippen LogP contribution in [0.3, 0.4) is 0 Å². The molecule has 1 aromatic rings. The van der Waals surface area contributed by atoms with Crippen LogP contribution < -0.4 is 11.2 Å². The van der Waals surface area contributed by atoms with Crippen molar-refractivity contribution in [1.82, 2.24) is 9.55 Å². The zero-order valence-corrected chi connectivity index (χ0v) is 22.0. The van der Waals surface area contributed by atoms with Gasteiger partial charge in [0, 0.05) is 12.7 Å². The summed E-state index contributed by atoms with van der Waals surface area (Å²) in [6.45, 7) is 8.71. The Labute approximate surface area is 200 Å². The molecule has 0 aliphatic heterocycles. The van der Waals surface area contributed by atoms with Gasteiger partial charge in [-0.15, -0.1) is 0 Å². The van der Waals surface area contributed by atoms with Gasteiger partial charge in [0.05, 0.1) is 21.5 Å². The molecule has 1 N–H and O–H groups in total. The highest BCUT2D eigenvalue weighted by Gasteiger charge is 2.29. The van der Waals surface area contributed by atoms with Crippen molar-refractivity contribution in [3.05, 3.63) is 43.7 Å². The smallest absolute Gasteiger partial charge is 0.340 e. The second-order valence-corrected chi connectivity index (χ2v) is 12.0. The van der Waals surface area contributed by atoms with Gasteiger partial charge in [0.25, 0.3) is 5.56 Å². The molecule has 0 atom stereocenters. The largest absolute Gasteiger partial charge is 0.438 e. The summed E-state index contributed by atoms with van der Waals surface area (Å²) < 4.78 is 34.8. The Bertz CT molecular complexity index is 996. The summed E-state index contributed by atoms with van der Waals surface area (Å²) in [5.74, 6) is -1.13. The van der Waals surface area contributed by atoms with Crippen LogP contribution in [0.1, 0.15) is 41.5 Å². The molecule has 13 heteroatoms. The second-order valence-electron chi connectivity index (χ2n) is 9.01. The molecule has 0 saturated heterocycles. The Kier molecular flexibility index (Phi) is 10.5. The molecule has 0 bridgehead atoms. The van der Waals surface area contributed by atoms with Gasteiger partial charge in [-0.25, -0.2) is 4.79 Å². The van der Waals surface area contributed by atoms with Crippen molar-refractivity contribution in [1.29, 1.82) is 0 Å². The first-order valence-corrected chi connectivity index (χ1v) is 12.4. The molecule has 0 amide bonds. The number of ether oxygens (including phenoxy) is 2. The minimum Gasteiger partial charge on any atom is -0.438 e. The average molecular weight is 553 g/mol. The van der Waals surface area contributed by atoms with Crippen LogP contribution in [0.5, 0.6) is 0 Å². The number of aromatic nitrogens is 2. The number of nitrogens with one attached hydrogen (secondary N) is 1. The molecular formula is C20H30BrN2O9P. The molecule has 1 rings (SSSR count). The van der Waals surface area contributed by atoms with Gasteiger partial charge in [0.1, 0.15) is 0 Å². The number of esters is 2. The predicted octanol–water partition coefficient (Wildman–Crippen LogP) is 3.18. The first kappa shape index (κ1) is 29.0. The van der Waals surface area contributed by atoms with Gasteiger partial charge in [-0.3, -0.25) is 37.5 Å². The fourth-order valence-electron chi connectivity index (χ4n) is 1.91. The van der Waals surface area contributed by atoms with Gasteiger partial charge in [-0.2, -0.15) is 0 Å². The Morgan fingerprint density at radius 2 is 1.48 bits per heavy atom. The molecule has 0 spiro atoms. The SMILES string of the molecule is CC(C)(C)C(=O)OCOP(=O)(C/C=C/Cn1cc(Br)c(=O)[nH]c1=O)OCOC(=O)C(C)(C)C. The predicted molar refractivity (Wildman–Crippen MR) is 124 cm³/mol. The number of allylic oxidation sites excluding steroid dienone is 2. The number of carbonyl (C=O) groups is 2. The van der Waals surface area contributed by atoms with E-state index in [4.69, 9.17) is 18.5 Å². The number of nitrogens with zero attached hydrogens (tertiary/aromatic N) is 1. The maximum atomic E-state index is 13.1. The molecule has 186 valence electrons. The summed E-state index contributed by atoms with van der Waals surface area (Å²) in [6, 6.07) is 0. The summed E-state index contributed by atoms with van der Waals surface area (Å²) >= 11 is 3.03. The van der Waals surface area contributed by atoms with Crippen LogP contribution in [0.25, 0.3) is 0 Å². The lowest BCUT2D eigenvalue weighted by Gasteiger charge is -2.21. The van der Waals surface area contributed by atoms with Crippen LogP contribution >= 0.6 is 23.5 Å². The highest BCUT2D eigenvalue weighted by Crippen LogP contribution is 2.48. The van der Waals surface area contributed by atoms with Gasteiger partial charge >= 0.3 is 25.2 Å². The average Bonchev–Trinajstić information content (AvgIpc) is 2.67.